The summed E-state index contributed by atoms with van der Waals surface area (Å²) in [5.74, 6) is 0.740. The van der Waals surface area contributed by atoms with Crippen LogP contribution in [0, 0.1) is 5.92 Å². The third-order valence-corrected chi connectivity index (χ3v) is 8.06. The molecule has 2 aliphatic heterocycles. The topological polar surface area (TPSA) is 53.1 Å². The summed E-state index contributed by atoms with van der Waals surface area (Å²) in [6.07, 6.45) is 11.2. The number of carbonyl (C=O) groups excluding carboxylic acids is 2. The van der Waals surface area contributed by atoms with Crippen molar-refractivity contribution in [1.82, 2.24) is 14.7 Å². The van der Waals surface area contributed by atoms with E-state index in [1.54, 1.807) is 12.0 Å². The molecule has 1 spiro atoms. The largest absolute Gasteiger partial charge is 0.383 e. The average Bonchev–Trinajstić information content (AvgIpc) is 3.32. The monoisotopic (exact) mass is 437 g/mol. The molecule has 0 aromatic heterocycles. The highest BCUT2D eigenvalue weighted by Crippen LogP contribution is 2.40. The third kappa shape index (κ3) is 3.77. The first-order valence-electron chi connectivity index (χ1n) is 12.2. The number of fused-ring (bicyclic) bond motifs is 1. The number of ether oxygens (including phenoxy) is 1. The summed E-state index contributed by atoms with van der Waals surface area (Å²) >= 11 is 0. The predicted molar refractivity (Wildman–Crippen MR) is 123 cm³/mol. The number of hydrogen-bond acceptors (Lipinski definition) is 4. The van der Waals surface area contributed by atoms with Gasteiger partial charge in [0, 0.05) is 39.3 Å². The maximum atomic E-state index is 13.9. The van der Waals surface area contributed by atoms with Crippen molar-refractivity contribution in [3.8, 4) is 0 Å². The second kappa shape index (κ2) is 8.99. The molecule has 4 aliphatic rings. The van der Waals surface area contributed by atoms with E-state index in [0.717, 1.165) is 51.7 Å². The van der Waals surface area contributed by atoms with Gasteiger partial charge in [-0.2, -0.15) is 0 Å². The minimum atomic E-state index is -0.701. The van der Waals surface area contributed by atoms with Gasteiger partial charge in [0.15, 0.2) is 0 Å². The van der Waals surface area contributed by atoms with Gasteiger partial charge in [-0.1, -0.05) is 36.4 Å². The number of carbonyl (C=O) groups is 2. The summed E-state index contributed by atoms with van der Waals surface area (Å²) in [5.41, 5.74) is 1.82. The Hall–Kier alpha value is -2.18. The van der Waals surface area contributed by atoms with Gasteiger partial charge in [0.05, 0.1) is 6.61 Å². The number of benzene rings is 1. The molecule has 6 heteroatoms. The van der Waals surface area contributed by atoms with Crippen LogP contribution in [0.2, 0.25) is 0 Å². The summed E-state index contributed by atoms with van der Waals surface area (Å²) in [5, 5.41) is 0. The van der Waals surface area contributed by atoms with Crippen LogP contribution < -0.4 is 0 Å². The molecule has 1 aromatic carbocycles. The molecule has 2 saturated heterocycles. The molecule has 0 radical (unpaired) electrons. The van der Waals surface area contributed by atoms with E-state index in [2.05, 4.69) is 29.2 Å². The molecule has 172 valence electrons. The van der Waals surface area contributed by atoms with Crippen LogP contribution in [0.15, 0.2) is 36.4 Å². The predicted octanol–water partition coefficient (Wildman–Crippen LogP) is 3.26. The van der Waals surface area contributed by atoms with Gasteiger partial charge in [0.1, 0.15) is 5.54 Å². The number of imide groups is 1. The lowest BCUT2D eigenvalue weighted by atomic mass is 9.84. The van der Waals surface area contributed by atoms with Gasteiger partial charge in [0.2, 0.25) is 0 Å². The smallest absolute Gasteiger partial charge is 0.328 e. The SMILES string of the molecule is COCCN1C(=O)N(C2Cc3ccccc3C2)C(=O)C12CCN(CC1CC=CCC1)CC2. The zero-order valence-corrected chi connectivity index (χ0v) is 19.2. The normalized spacial score (nSPS) is 25.8. The Bertz CT molecular complexity index is 865. The second-order valence-electron chi connectivity index (χ2n) is 9.92. The van der Waals surface area contributed by atoms with Gasteiger partial charge in [-0.3, -0.25) is 9.69 Å². The van der Waals surface area contributed by atoms with Crippen molar-refractivity contribution in [2.45, 2.75) is 56.5 Å². The van der Waals surface area contributed by atoms with E-state index in [1.165, 1.54) is 24.0 Å². The highest BCUT2D eigenvalue weighted by Gasteiger charge is 2.59. The first-order chi connectivity index (χ1) is 15.6. The molecule has 5 rings (SSSR count). The molecule has 1 aromatic rings. The lowest BCUT2D eigenvalue weighted by Gasteiger charge is -2.43. The summed E-state index contributed by atoms with van der Waals surface area (Å²) in [4.78, 5) is 33.4. The standard InChI is InChI=1S/C26H35N3O3/c1-32-16-15-28-25(31)29(23-17-21-9-5-6-10-22(21)18-23)24(30)26(28)11-13-27(14-12-26)19-20-7-3-2-4-8-20/h2-3,5-6,9-10,20,23H,4,7-8,11-19H2,1H3. The van der Waals surface area contributed by atoms with E-state index in [0.29, 0.717) is 19.1 Å². The summed E-state index contributed by atoms with van der Waals surface area (Å²) in [6.45, 7) is 3.79. The number of rotatable bonds is 6. The summed E-state index contributed by atoms with van der Waals surface area (Å²) < 4.78 is 5.31. The first kappa shape index (κ1) is 21.7. The molecular weight excluding hydrogens is 402 g/mol. The Balaban J connectivity index is 1.32. The fourth-order valence-electron chi connectivity index (χ4n) is 6.25. The van der Waals surface area contributed by atoms with Crippen LogP contribution in [-0.4, -0.2) is 78.1 Å². The Morgan fingerprint density at radius 3 is 2.41 bits per heavy atom. The molecule has 0 saturated carbocycles. The van der Waals surface area contributed by atoms with Crippen LogP contribution in [0.5, 0.6) is 0 Å². The summed E-state index contributed by atoms with van der Waals surface area (Å²) in [7, 11) is 1.65. The van der Waals surface area contributed by atoms with Crippen LogP contribution in [0.3, 0.4) is 0 Å². The van der Waals surface area contributed by atoms with Crippen molar-refractivity contribution in [1.29, 1.82) is 0 Å². The number of urea groups is 1. The number of amides is 3. The molecule has 2 fully saturated rings. The second-order valence-corrected chi connectivity index (χ2v) is 9.92. The van der Waals surface area contributed by atoms with Crippen molar-refractivity contribution in [3.63, 3.8) is 0 Å². The quantitative estimate of drug-likeness (QED) is 0.506. The van der Waals surface area contributed by atoms with Gasteiger partial charge in [0.25, 0.3) is 5.91 Å². The zero-order valence-electron chi connectivity index (χ0n) is 19.2. The van der Waals surface area contributed by atoms with E-state index >= 15 is 0 Å². The fraction of sp³-hybridized carbons (Fsp3) is 0.615. The first-order valence-corrected chi connectivity index (χ1v) is 12.2. The lowest BCUT2D eigenvalue weighted by Crippen LogP contribution is -2.57. The van der Waals surface area contributed by atoms with Crippen molar-refractivity contribution in [2.75, 3.05) is 39.9 Å². The van der Waals surface area contributed by atoms with Gasteiger partial charge < -0.3 is 14.5 Å². The Morgan fingerprint density at radius 2 is 1.78 bits per heavy atom. The molecule has 1 unspecified atom stereocenters. The van der Waals surface area contributed by atoms with E-state index in [9.17, 15) is 9.59 Å². The molecule has 6 nitrogen and oxygen atoms in total. The number of methoxy groups -OCH3 is 1. The molecule has 0 N–H and O–H groups in total. The third-order valence-electron chi connectivity index (χ3n) is 8.06. The van der Waals surface area contributed by atoms with Gasteiger partial charge in [-0.25, -0.2) is 4.79 Å². The molecule has 3 amide bonds. The van der Waals surface area contributed by atoms with E-state index in [-0.39, 0.29) is 18.0 Å². The zero-order chi connectivity index (χ0) is 22.1. The van der Waals surface area contributed by atoms with Crippen LogP contribution in [0.1, 0.15) is 43.2 Å². The van der Waals surface area contributed by atoms with Crippen LogP contribution in [-0.2, 0) is 22.4 Å². The molecular formula is C26H35N3O3. The molecule has 1 atom stereocenters. The maximum absolute atomic E-state index is 13.9. The Kier molecular flexibility index (Phi) is 6.08. The van der Waals surface area contributed by atoms with Crippen molar-refractivity contribution in [3.05, 3.63) is 47.5 Å². The van der Waals surface area contributed by atoms with Crippen LogP contribution in [0.4, 0.5) is 4.79 Å². The Labute approximate surface area is 191 Å². The minimum absolute atomic E-state index is 0.0247. The number of hydrogen-bond donors (Lipinski definition) is 0. The highest BCUT2D eigenvalue weighted by atomic mass is 16.5. The molecule has 2 heterocycles. The van der Waals surface area contributed by atoms with Crippen molar-refractivity contribution < 1.29 is 14.3 Å². The highest BCUT2D eigenvalue weighted by molar-refractivity contribution is 6.07. The van der Waals surface area contributed by atoms with E-state index in [1.807, 2.05) is 17.0 Å². The van der Waals surface area contributed by atoms with Gasteiger partial charge >= 0.3 is 6.03 Å². The van der Waals surface area contributed by atoms with Crippen LogP contribution in [0.25, 0.3) is 0 Å². The molecule has 32 heavy (non-hydrogen) atoms. The lowest BCUT2D eigenvalue weighted by molar-refractivity contribution is -0.137. The molecule has 2 aliphatic carbocycles. The van der Waals surface area contributed by atoms with Crippen LogP contribution >= 0.6 is 0 Å². The molecule has 0 bridgehead atoms. The Morgan fingerprint density at radius 1 is 1.06 bits per heavy atom. The van der Waals surface area contributed by atoms with Crippen molar-refractivity contribution >= 4 is 11.9 Å². The van der Waals surface area contributed by atoms with Gasteiger partial charge in [-0.05, 0) is 62.0 Å². The van der Waals surface area contributed by atoms with E-state index in [4.69, 9.17) is 4.74 Å². The number of nitrogens with zero attached hydrogens (tertiary/aromatic N) is 3. The average molecular weight is 438 g/mol. The van der Waals surface area contributed by atoms with E-state index < -0.39 is 5.54 Å². The van der Waals surface area contributed by atoms with Gasteiger partial charge in [-0.15, -0.1) is 0 Å². The fourth-order valence-corrected chi connectivity index (χ4v) is 6.25. The number of allylic oxidation sites excluding steroid dienone is 2. The maximum Gasteiger partial charge on any atom is 0.328 e. The number of likely N-dealkylation sites (tertiary alicyclic amines) is 1. The number of piperidine rings is 1. The van der Waals surface area contributed by atoms with Crippen molar-refractivity contribution in [2.24, 2.45) is 5.92 Å². The minimum Gasteiger partial charge on any atom is -0.383 e. The summed E-state index contributed by atoms with van der Waals surface area (Å²) in [6, 6.07) is 8.15.